The number of benzene rings is 1. The van der Waals surface area contributed by atoms with Crippen LogP contribution in [0.4, 0.5) is 10.1 Å². The van der Waals surface area contributed by atoms with Gasteiger partial charge in [-0.3, -0.25) is 9.78 Å². The second kappa shape index (κ2) is 8.00. The lowest BCUT2D eigenvalue weighted by Crippen LogP contribution is -2.28. The lowest BCUT2D eigenvalue weighted by atomic mass is 9.89. The van der Waals surface area contributed by atoms with Crippen molar-refractivity contribution >= 4 is 28.5 Å². The summed E-state index contributed by atoms with van der Waals surface area (Å²) < 4.78 is 13.7. The smallest absolute Gasteiger partial charge is 0.258 e. The molecule has 1 unspecified atom stereocenters. The van der Waals surface area contributed by atoms with Crippen molar-refractivity contribution in [3.8, 4) is 0 Å². The van der Waals surface area contributed by atoms with E-state index in [0.29, 0.717) is 5.69 Å². The first-order chi connectivity index (χ1) is 13.6. The Morgan fingerprint density at radius 2 is 2.07 bits per heavy atom. The van der Waals surface area contributed by atoms with Gasteiger partial charge in [0.15, 0.2) is 5.82 Å². The lowest BCUT2D eigenvalue weighted by molar-refractivity contribution is 0.102. The maximum absolute atomic E-state index is 13.7. The van der Waals surface area contributed by atoms with E-state index in [1.807, 2.05) is 35.8 Å². The van der Waals surface area contributed by atoms with Gasteiger partial charge in [0.25, 0.3) is 5.91 Å². The van der Waals surface area contributed by atoms with Crippen LogP contribution in [-0.4, -0.2) is 22.4 Å². The summed E-state index contributed by atoms with van der Waals surface area (Å²) in [6, 6.07) is 9.05. The van der Waals surface area contributed by atoms with E-state index in [9.17, 15) is 9.18 Å². The molecule has 0 saturated carbocycles. The van der Waals surface area contributed by atoms with Crippen molar-refractivity contribution in [2.75, 3.05) is 11.9 Å². The predicted molar refractivity (Wildman–Crippen MR) is 109 cm³/mol. The van der Waals surface area contributed by atoms with Gasteiger partial charge < -0.3 is 10.6 Å². The van der Waals surface area contributed by atoms with E-state index in [2.05, 4.69) is 27.5 Å². The van der Waals surface area contributed by atoms with Gasteiger partial charge in [-0.1, -0.05) is 17.7 Å². The van der Waals surface area contributed by atoms with Crippen molar-refractivity contribution in [1.82, 2.24) is 15.3 Å². The summed E-state index contributed by atoms with van der Waals surface area (Å²) in [7, 11) is 0. The van der Waals surface area contributed by atoms with E-state index in [1.165, 1.54) is 23.4 Å². The quantitative estimate of drug-likeness (QED) is 0.687. The zero-order valence-electron chi connectivity index (χ0n) is 15.3. The van der Waals surface area contributed by atoms with E-state index < -0.39 is 11.7 Å². The fraction of sp³-hybridized carbons (Fsp3) is 0.190. The van der Waals surface area contributed by atoms with Crippen molar-refractivity contribution < 1.29 is 9.18 Å². The maximum atomic E-state index is 13.7. The number of hydrogen-bond acceptors (Lipinski definition) is 5. The number of nitrogens with one attached hydrogen (secondary N) is 2. The number of thiazole rings is 1. The number of amides is 1. The maximum Gasteiger partial charge on any atom is 0.258 e. The Labute approximate surface area is 166 Å². The summed E-state index contributed by atoms with van der Waals surface area (Å²) in [6.07, 6.45) is 5.23. The zero-order valence-corrected chi connectivity index (χ0v) is 16.1. The molecule has 4 rings (SSSR count). The predicted octanol–water partition coefficient (Wildman–Crippen LogP) is 4.44. The molecule has 3 heterocycles. The fourth-order valence-electron chi connectivity index (χ4n) is 3.38. The van der Waals surface area contributed by atoms with Crippen molar-refractivity contribution in [1.29, 1.82) is 0 Å². The summed E-state index contributed by atoms with van der Waals surface area (Å²) in [5, 5.41) is 9.30. The Hall–Kier alpha value is -2.90. The summed E-state index contributed by atoms with van der Waals surface area (Å²) in [5.74, 6) is -1.14. The van der Waals surface area contributed by atoms with Crippen LogP contribution in [0.5, 0.6) is 0 Å². The van der Waals surface area contributed by atoms with Crippen molar-refractivity contribution in [3.63, 3.8) is 0 Å². The number of carbonyl (C=O) groups is 1. The number of carbonyl (C=O) groups excluding carboxylic acids is 1. The van der Waals surface area contributed by atoms with Crippen LogP contribution >= 0.6 is 11.3 Å². The second-order valence-electron chi connectivity index (χ2n) is 6.59. The van der Waals surface area contributed by atoms with E-state index in [-0.39, 0.29) is 11.6 Å². The molecule has 0 bridgehead atoms. The minimum absolute atomic E-state index is 0.0297. The van der Waals surface area contributed by atoms with Crippen LogP contribution in [0.1, 0.15) is 40.3 Å². The Kier molecular flexibility index (Phi) is 5.27. The molecular weight excluding hydrogens is 375 g/mol. The molecule has 1 aromatic carbocycles. The zero-order chi connectivity index (χ0) is 19.5. The van der Waals surface area contributed by atoms with Gasteiger partial charge in [0.05, 0.1) is 17.8 Å². The van der Waals surface area contributed by atoms with Gasteiger partial charge in [0.2, 0.25) is 0 Å². The standard InChI is InChI=1S/C21H19FN4OS/c1-13-6-9-24-19(21-25-10-11-28-21)18(13)14-2-4-15(5-3-14)26-20(27)16-7-8-23-12-17(16)22/h2-5,7-8,10-12,19,24H,6,9H2,1H3,(H,26,27). The highest BCUT2D eigenvalue weighted by Crippen LogP contribution is 2.37. The topological polar surface area (TPSA) is 66.9 Å². The molecule has 1 aliphatic rings. The molecule has 2 N–H and O–H groups in total. The third kappa shape index (κ3) is 3.72. The highest BCUT2D eigenvalue weighted by molar-refractivity contribution is 7.09. The second-order valence-corrected chi connectivity index (χ2v) is 7.51. The summed E-state index contributed by atoms with van der Waals surface area (Å²) in [6.45, 7) is 3.07. The number of anilines is 1. The first-order valence-corrected chi connectivity index (χ1v) is 9.85. The third-order valence-corrected chi connectivity index (χ3v) is 5.61. The molecule has 1 amide bonds. The molecule has 0 radical (unpaired) electrons. The van der Waals surface area contributed by atoms with Crippen molar-refractivity contribution in [2.45, 2.75) is 19.4 Å². The normalized spacial score (nSPS) is 16.9. The fourth-order valence-corrected chi connectivity index (χ4v) is 4.10. The minimum atomic E-state index is -0.642. The van der Waals surface area contributed by atoms with Crippen LogP contribution in [0.2, 0.25) is 0 Å². The molecular formula is C21H19FN4OS. The number of rotatable bonds is 4. The molecule has 5 nitrogen and oxygen atoms in total. The van der Waals surface area contributed by atoms with E-state index in [0.717, 1.165) is 29.7 Å². The van der Waals surface area contributed by atoms with Crippen LogP contribution in [-0.2, 0) is 0 Å². The largest absolute Gasteiger partial charge is 0.322 e. The number of aromatic nitrogens is 2. The van der Waals surface area contributed by atoms with Gasteiger partial charge in [-0.05, 0) is 49.2 Å². The Bertz CT molecular complexity index is 1020. The van der Waals surface area contributed by atoms with Gasteiger partial charge in [-0.25, -0.2) is 9.37 Å². The summed E-state index contributed by atoms with van der Waals surface area (Å²) in [5.41, 5.74) is 4.21. The van der Waals surface area contributed by atoms with E-state index >= 15 is 0 Å². The Morgan fingerprint density at radius 1 is 1.25 bits per heavy atom. The average molecular weight is 394 g/mol. The molecule has 0 fully saturated rings. The lowest BCUT2D eigenvalue weighted by Gasteiger charge is -2.28. The molecule has 0 spiro atoms. The van der Waals surface area contributed by atoms with Crippen LogP contribution in [0.3, 0.4) is 0 Å². The first kappa shape index (κ1) is 18.5. The summed E-state index contributed by atoms with van der Waals surface area (Å²) in [4.78, 5) is 20.4. The van der Waals surface area contributed by atoms with Crippen molar-refractivity contribution in [3.05, 3.63) is 81.8 Å². The molecule has 7 heteroatoms. The molecule has 1 aliphatic heterocycles. The SMILES string of the molecule is CC1=C(c2ccc(NC(=O)c3ccncc3F)cc2)C(c2nccs2)NCC1. The van der Waals surface area contributed by atoms with Crippen LogP contribution in [0.15, 0.2) is 59.9 Å². The van der Waals surface area contributed by atoms with Crippen molar-refractivity contribution in [2.24, 2.45) is 0 Å². The van der Waals surface area contributed by atoms with Crippen LogP contribution < -0.4 is 10.6 Å². The molecule has 28 heavy (non-hydrogen) atoms. The average Bonchev–Trinajstić information content (AvgIpc) is 3.23. The molecule has 1 atom stereocenters. The van der Waals surface area contributed by atoms with Crippen LogP contribution in [0.25, 0.3) is 5.57 Å². The Morgan fingerprint density at radius 3 is 2.79 bits per heavy atom. The summed E-state index contributed by atoms with van der Waals surface area (Å²) >= 11 is 1.64. The van der Waals surface area contributed by atoms with E-state index in [4.69, 9.17) is 0 Å². The van der Waals surface area contributed by atoms with Gasteiger partial charge in [-0.2, -0.15) is 0 Å². The number of hydrogen-bond donors (Lipinski definition) is 2. The van der Waals surface area contributed by atoms with Gasteiger partial charge in [0, 0.05) is 23.5 Å². The number of nitrogens with zero attached hydrogens (tertiary/aromatic N) is 2. The first-order valence-electron chi connectivity index (χ1n) is 8.97. The number of halogens is 1. The molecule has 0 aliphatic carbocycles. The van der Waals surface area contributed by atoms with Gasteiger partial charge >= 0.3 is 0 Å². The molecule has 142 valence electrons. The highest BCUT2D eigenvalue weighted by Gasteiger charge is 2.25. The molecule has 2 aromatic heterocycles. The Balaban J connectivity index is 1.57. The molecule has 0 saturated heterocycles. The molecule has 3 aromatic rings. The highest BCUT2D eigenvalue weighted by atomic mass is 32.1. The number of pyridine rings is 1. The monoisotopic (exact) mass is 394 g/mol. The van der Waals surface area contributed by atoms with Gasteiger partial charge in [0.1, 0.15) is 5.01 Å². The van der Waals surface area contributed by atoms with Gasteiger partial charge in [-0.15, -0.1) is 11.3 Å². The minimum Gasteiger partial charge on any atom is -0.322 e. The third-order valence-electron chi connectivity index (χ3n) is 4.77. The van der Waals surface area contributed by atoms with E-state index in [1.54, 1.807) is 11.3 Å². The van der Waals surface area contributed by atoms with Crippen LogP contribution in [0, 0.1) is 5.82 Å².